The number of hydrogen-bond acceptors (Lipinski definition) is 1. The molecule has 0 amide bonds. The standard InChI is InChI=1S/C18H18N2/c1-18(2)19-15(13-9-5-3-6-10-13)17-16(20(17)18)14-11-7-4-8-12-14/h3-12,16-17H,1-2H3/p+1/t16-,17+,20?/m1/s1. The first-order chi connectivity index (χ1) is 9.68. The molecule has 1 N–H and O–H groups in total. The molecule has 2 nitrogen and oxygen atoms in total. The Bertz CT molecular complexity index is 658. The Morgan fingerprint density at radius 1 is 0.850 bits per heavy atom. The third-order valence-electron chi connectivity index (χ3n) is 4.52. The topological polar surface area (TPSA) is 16.8 Å². The average molecular weight is 263 g/mol. The maximum atomic E-state index is 4.98. The molecule has 0 bridgehead atoms. The van der Waals surface area contributed by atoms with Crippen molar-refractivity contribution in [3.8, 4) is 0 Å². The lowest BCUT2D eigenvalue weighted by molar-refractivity contribution is -0.837. The van der Waals surface area contributed by atoms with Gasteiger partial charge in [0, 0.05) is 25.0 Å². The zero-order valence-electron chi connectivity index (χ0n) is 11.9. The summed E-state index contributed by atoms with van der Waals surface area (Å²) in [6, 6.07) is 22.6. The highest BCUT2D eigenvalue weighted by atomic mass is 15.5. The summed E-state index contributed by atoms with van der Waals surface area (Å²) in [5.74, 6) is 0. The van der Waals surface area contributed by atoms with Crippen molar-refractivity contribution in [1.29, 1.82) is 0 Å². The van der Waals surface area contributed by atoms with E-state index in [1.54, 1.807) is 4.90 Å². The van der Waals surface area contributed by atoms with Gasteiger partial charge in [0.2, 0.25) is 0 Å². The van der Waals surface area contributed by atoms with Crippen LogP contribution in [0.3, 0.4) is 0 Å². The van der Waals surface area contributed by atoms with Crippen LogP contribution in [0.15, 0.2) is 65.7 Å². The van der Waals surface area contributed by atoms with Gasteiger partial charge in [-0.25, -0.2) is 4.99 Å². The number of benzene rings is 2. The van der Waals surface area contributed by atoms with E-state index in [0.29, 0.717) is 12.1 Å². The molecule has 0 saturated carbocycles. The van der Waals surface area contributed by atoms with Crippen molar-refractivity contribution in [3.63, 3.8) is 0 Å². The molecule has 20 heavy (non-hydrogen) atoms. The summed E-state index contributed by atoms with van der Waals surface area (Å²) in [4.78, 5) is 6.56. The van der Waals surface area contributed by atoms with E-state index in [4.69, 9.17) is 4.99 Å². The van der Waals surface area contributed by atoms with Crippen LogP contribution in [0.4, 0.5) is 0 Å². The molecule has 0 radical (unpaired) electrons. The van der Waals surface area contributed by atoms with Gasteiger partial charge in [-0.15, -0.1) is 0 Å². The minimum absolute atomic E-state index is 0.0175. The van der Waals surface area contributed by atoms with E-state index >= 15 is 0 Å². The first kappa shape index (κ1) is 11.9. The van der Waals surface area contributed by atoms with E-state index in [1.807, 2.05) is 0 Å². The summed E-state index contributed by atoms with van der Waals surface area (Å²) in [6.45, 7) is 4.49. The normalized spacial score (nSPS) is 29.7. The van der Waals surface area contributed by atoms with E-state index in [-0.39, 0.29) is 5.66 Å². The highest BCUT2D eigenvalue weighted by molar-refractivity contribution is 6.06. The maximum Gasteiger partial charge on any atom is 0.190 e. The molecule has 3 atom stereocenters. The highest BCUT2D eigenvalue weighted by Gasteiger charge is 2.68. The van der Waals surface area contributed by atoms with Crippen molar-refractivity contribution in [2.45, 2.75) is 31.6 Å². The second-order valence-corrected chi connectivity index (χ2v) is 6.24. The van der Waals surface area contributed by atoms with Gasteiger partial charge >= 0.3 is 0 Å². The van der Waals surface area contributed by atoms with Crippen LogP contribution < -0.4 is 4.90 Å². The molecule has 4 rings (SSSR count). The van der Waals surface area contributed by atoms with E-state index in [1.165, 1.54) is 16.8 Å². The minimum atomic E-state index is -0.0175. The van der Waals surface area contributed by atoms with Crippen LogP contribution in [0, 0.1) is 0 Å². The third kappa shape index (κ3) is 1.65. The SMILES string of the molecule is CC1(C)N=C(c2ccccc2)[C@H]2[C@@H](c3ccccc3)[NH+]21. The van der Waals surface area contributed by atoms with Gasteiger partial charge in [-0.2, -0.15) is 0 Å². The van der Waals surface area contributed by atoms with E-state index in [9.17, 15) is 0 Å². The molecule has 0 spiro atoms. The summed E-state index contributed by atoms with van der Waals surface area (Å²) in [5.41, 5.74) is 3.97. The number of fused-ring (bicyclic) bond motifs is 1. The second kappa shape index (κ2) is 4.03. The Kier molecular flexibility index (Phi) is 2.39. The molecule has 0 aromatic heterocycles. The van der Waals surface area contributed by atoms with Crippen LogP contribution in [-0.4, -0.2) is 17.4 Å². The number of quaternary nitrogens is 1. The number of rotatable bonds is 2. The van der Waals surface area contributed by atoms with Crippen LogP contribution in [0.1, 0.15) is 31.0 Å². The Hall–Kier alpha value is -1.93. The summed E-state index contributed by atoms with van der Waals surface area (Å²) in [7, 11) is 0. The number of nitrogens with one attached hydrogen (secondary N) is 1. The first-order valence-corrected chi connectivity index (χ1v) is 7.26. The molecule has 1 fully saturated rings. The zero-order chi connectivity index (χ0) is 13.7. The molecule has 2 heteroatoms. The lowest BCUT2D eigenvalue weighted by Gasteiger charge is -2.16. The number of hydrogen-bond donors (Lipinski definition) is 1. The monoisotopic (exact) mass is 263 g/mol. The van der Waals surface area contributed by atoms with E-state index in [0.717, 1.165) is 0 Å². The zero-order valence-corrected chi connectivity index (χ0v) is 11.9. The fraction of sp³-hybridized carbons (Fsp3) is 0.278. The summed E-state index contributed by atoms with van der Waals surface area (Å²) in [5, 5.41) is 0. The molecule has 1 unspecified atom stereocenters. The molecule has 2 aromatic rings. The maximum absolute atomic E-state index is 4.98. The Labute approximate surface area is 119 Å². The van der Waals surface area contributed by atoms with Gasteiger partial charge in [-0.1, -0.05) is 60.7 Å². The molecule has 1 saturated heterocycles. The first-order valence-electron chi connectivity index (χ1n) is 7.26. The molecular formula is C18H19N2+. The second-order valence-electron chi connectivity index (χ2n) is 6.24. The predicted octanol–water partition coefficient (Wildman–Crippen LogP) is 2.23. The fourth-order valence-corrected chi connectivity index (χ4v) is 3.65. The molecule has 2 aromatic carbocycles. The highest BCUT2D eigenvalue weighted by Crippen LogP contribution is 2.34. The van der Waals surface area contributed by atoms with Crippen molar-refractivity contribution in [2.75, 3.05) is 0 Å². The van der Waals surface area contributed by atoms with E-state index < -0.39 is 0 Å². The minimum Gasteiger partial charge on any atom is -0.288 e. The van der Waals surface area contributed by atoms with Crippen molar-refractivity contribution >= 4 is 5.71 Å². The van der Waals surface area contributed by atoms with Crippen LogP contribution in [0.2, 0.25) is 0 Å². The van der Waals surface area contributed by atoms with Crippen molar-refractivity contribution in [1.82, 2.24) is 0 Å². The number of aliphatic imine (C=N–C) groups is 1. The van der Waals surface area contributed by atoms with Gasteiger partial charge in [0.15, 0.2) is 17.7 Å². The van der Waals surface area contributed by atoms with Crippen molar-refractivity contribution in [3.05, 3.63) is 71.8 Å². The molecule has 2 heterocycles. The van der Waals surface area contributed by atoms with Gasteiger partial charge < -0.3 is 0 Å². The van der Waals surface area contributed by atoms with Gasteiger partial charge in [-0.3, -0.25) is 4.90 Å². The van der Waals surface area contributed by atoms with Gasteiger partial charge in [0.05, 0.1) is 0 Å². The lowest BCUT2D eigenvalue weighted by Crippen LogP contribution is -3.02. The summed E-state index contributed by atoms with van der Waals surface area (Å²) in [6.07, 6.45) is 0. The van der Waals surface area contributed by atoms with Crippen molar-refractivity contribution in [2.24, 2.45) is 4.99 Å². The fourth-order valence-electron chi connectivity index (χ4n) is 3.65. The predicted molar refractivity (Wildman–Crippen MR) is 81.0 cm³/mol. The summed E-state index contributed by atoms with van der Waals surface area (Å²) < 4.78 is 0. The van der Waals surface area contributed by atoms with Crippen LogP contribution >= 0.6 is 0 Å². The van der Waals surface area contributed by atoms with Crippen LogP contribution in [0.25, 0.3) is 0 Å². The molecule has 2 aliphatic heterocycles. The van der Waals surface area contributed by atoms with Crippen LogP contribution in [0.5, 0.6) is 0 Å². The van der Waals surface area contributed by atoms with E-state index in [2.05, 4.69) is 74.5 Å². The lowest BCUT2D eigenvalue weighted by atomic mass is 10.0. The van der Waals surface area contributed by atoms with Crippen LogP contribution in [-0.2, 0) is 0 Å². The van der Waals surface area contributed by atoms with Gasteiger partial charge in [-0.05, 0) is 0 Å². The molecule has 100 valence electrons. The Morgan fingerprint density at radius 2 is 1.45 bits per heavy atom. The van der Waals surface area contributed by atoms with Gasteiger partial charge in [0.25, 0.3) is 0 Å². The smallest absolute Gasteiger partial charge is 0.190 e. The third-order valence-corrected chi connectivity index (χ3v) is 4.52. The Morgan fingerprint density at radius 3 is 2.10 bits per heavy atom. The van der Waals surface area contributed by atoms with Crippen molar-refractivity contribution < 1.29 is 4.90 Å². The largest absolute Gasteiger partial charge is 0.288 e. The number of nitrogens with zero attached hydrogens (tertiary/aromatic N) is 1. The molecular weight excluding hydrogens is 244 g/mol. The quantitative estimate of drug-likeness (QED) is 0.800. The molecule has 2 aliphatic rings. The molecule has 0 aliphatic carbocycles. The Balaban J connectivity index is 1.73. The average Bonchev–Trinajstić information content (AvgIpc) is 3.17. The summed E-state index contributed by atoms with van der Waals surface area (Å²) >= 11 is 0. The van der Waals surface area contributed by atoms with Gasteiger partial charge in [0.1, 0.15) is 5.71 Å².